The Bertz CT molecular complexity index is 499. The summed E-state index contributed by atoms with van der Waals surface area (Å²) in [4.78, 5) is 5.43. The fourth-order valence-electron chi connectivity index (χ4n) is 1.65. The van der Waals surface area contributed by atoms with Gasteiger partial charge in [0.15, 0.2) is 0 Å². The molecule has 0 aliphatic carbocycles. The lowest BCUT2D eigenvalue weighted by molar-refractivity contribution is 0.393. The molecule has 0 fully saturated rings. The molecule has 0 saturated heterocycles. The Kier molecular flexibility index (Phi) is 4.47. The summed E-state index contributed by atoms with van der Waals surface area (Å²) >= 11 is 1.74. The molecule has 0 radical (unpaired) electrons. The minimum absolute atomic E-state index is 0.672. The van der Waals surface area contributed by atoms with Crippen LogP contribution in [0.4, 0.5) is 5.69 Å². The van der Waals surface area contributed by atoms with Gasteiger partial charge in [0.25, 0.3) is 0 Å². The van der Waals surface area contributed by atoms with Gasteiger partial charge in [0, 0.05) is 28.9 Å². The normalized spacial score (nSPS) is 10.1. The molecule has 0 unspecified atom stereocenters. The van der Waals surface area contributed by atoms with Gasteiger partial charge >= 0.3 is 0 Å². The lowest BCUT2D eigenvalue weighted by atomic mass is 10.2. The van der Waals surface area contributed by atoms with Crippen LogP contribution in [0.25, 0.3) is 0 Å². The van der Waals surface area contributed by atoms with E-state index < -0.39 is 0 Å². The maximum absolute atomic E-state index is 5.22. The van der Waals surface area contributed by atoms with E-state index in [1.54, 1.807) is 25.1 Å². The van der Waals surface area contributed by atoms with E-state index in [2.05, 4.69) is 40.8 Å². The summed E-state index contributed by atoms with van der Waals surface area (Å²) in [6.07, 6.45) is 3.80. The van der Waals surface area contributed by atoms with Crippen molar-refractivity contribution in [2.45, 2.75) is 11.4 Å². The highest BCUT2D eigenvalue weighted by molar-refractivity contribution is 7.98. The molecule has 0 saturated carbocycles. The molecule has 0 atom stereocenters. The molecule has 0 aliphatic rings. The average Bonchev–Trinajstić information content (AvgIpc) is 2.46. The number of methoxy groups -OCH3 is 1. The maximum atomic E-state index is 5.22. The van der Waals surface area contributed by atoms with E-state index in [9.17, 15) is 0 Å². The van der Waals surface area contributed by atoms with Crippen molar-refractivity contribution in [3.05, 3.63) is 48.2 Å². The van der Waals surface area contributed by atoms with Crippen LogP contribution in [0.15, 0.2) is 47.5 Å². The summed E-state index contributed by atoms with van der Waals surface area (Å²) < 4.78 is 5.22. The van der Waals surface area contributed by atoms with E-state index in [1.165, 1.54) is 4.90 Å². The number of thioether (sulfide) groups is 1. The van der Waals surface area contributed by atoms with E-state index in [0.29, 0.717) is 12.4 Å². The Labute approximate surface area is 112 Å². The van der Waals surface area contributed by atoms with Gasteiger partial charge in [-0.3, -0.25) is 0 Å². The maximum Gasteiger partial charge on any atom is 0.218 e. The average molecular weight is 260 g/mol. The molecule has 0 aliphatic heterocycles. The number of benzene rings is 1. The Hall–Kier alpha value is -1.68. The summed E-state index contributed by atoms with van der Waals surface area (Å²) in [5, 5.41) is 3.36. The number of anilines is 1. The molecule has 18 heavy (non-hydrogen) atoms. The number of hydrogen-bond donors (Lipinski definition) is 1. The monoisotopic (exact) mass is 260 g/mol. The quantitative estimate of drug-likeness (QED) is 0.835. The molecule has 1 aromatic carbocycles. The molecule has 0 amide bonds. The van der Waals surface area contributed by atoms with Gasteiger partial charge in [-0.15, -0.1) is 11.8 Å². The lowest BCUT2D eigenvalue weighted by Gasteiger charge is -2.09. The van der Waals surface area contributed by atoms with Crippen molar-refractivity contribution in [1.82, 2.24) is 4.98 Å². The predicted molar refractivity (Wildman–Crippen MR) is 76.3 cm³/mol. The number of rotatable bonds is 5. The van der Waals surface area contributed by atoms with Gasteiger partial charge in [0.1, 0.15) is 0 Å². The molecular formula is C14H16N2OS. The molecule has 94 valence electrons. The van der Waals surface area contributed by atoms with Crippen molar-refractivity contribution in [3.8, 4) is 5.88 Å². The van der Waals surface area contributed by atoms with Gasteiger partial charge in [-0.1, -0.05) is 6.07 Å². The number of ether oxygens (including phenoxy) is 1. The van der Waals surface area contributed by atoms with E-state index in [-0.39, 0.29) is 0 Å². The highest BCUT2D eigenvalue weighted by atomic mass is 32.2. The summed E-state index contributed by atoms with van der Waals surface area (Å²) in [5.74, 6) is 0.672. The fraction of sp³-hybridized carbons (Fsp3) is 0.214. The van der Waals surface area contributed by atoms with Gasteiger partial charge in [-0.25, -0.2) is 4.98 Å². The third-order valence-corrected chi connectivity index (χ3v) is 3.36. The van der Waals surface area contributed by atoms with Crippen molar-refractivity contribution in [1.29, 1.82) is 0 Å². The predicted octanol–water partition coefficient (Wildman–Crippen LogP) is 3.42. The second-order valence-corrected chi connectivity index (χ2v) is 4.63. The number of nitrogens with one attached hydrogen (secondary N) is 1. The van der Waals surface area contributed by atoms with Crippen LogP contribution < -0.4 is 10.1 Å². The Morgan fingerprint density at radius 1 is 1.22 bits per heavy atom. The van der Waals surface area contributed by atoms with Crippen LogP contribution in [0, 0.1) is 0 Å². The summed E-state index contributed by atoms with van der Waals surface area (Å²) in [5.41, 5.74) is 2.15. The van der Waals surface area contributed by atoms with E-state index in [4.69, 9.17) is 4.74 Å². The first-order chi connectivity index (χ1) is 8.83. The first kappa shape index (κ1) is 12.8. The largest absolute Gasteiger partial charge is 0.481 e. The zero-order chi connectivity index (χ0) is 12.8. The Morgan fingerprint density at radius 2 is 2.00 bits per heavy atom. The lowest BCUT2D eigenvalue weighted by Crippen LogP contribution is -2.02. The Balaban J connectivity index is 2.02. The molecule has 1 heterocycles. The van der Waals surface area contributed by atoms with Crippen LogP contribution in [0.3, 0.4) is 0 Å². The van der Waals surface area contributed by atoms with Gasteiger partial charge in [0.2, 0.25) is 5.88 Å². The standard InChI is InChI=1S/C14H16N2OS/c1-17-14-11(4-3-9-15-14)10-16-12-5-7-13(18-2)8-6-12/h3-9,16H,10H2,1-2H3. The molecule has 1 N–H and O–H groups in total. The zero-order valence-corrected chi connectivity index (χ0v) is 11.3. The highest BCUT2D eigenvalue weighted by Gasteiger charge is 2.02. The fourth-order valence-corrected chi connectivity index (χ4v) is 2.06. The Morgan fingerprint density at radius 3 is 2.67 bits per heavy atom. The smallest absolute Gasteiger partial charge is 0.218 e. The van der Waals surface area contributed by atoms with Crippen LogP contribution >= 0.6 is 11.8 Å². The van der Waals surface area contributed by atoms with Crippen molar-refractivity contribution < 1.29 is 4.74 Å². The van der Waals surface area contributed by atoms with Crippen molar-refractivity contribution in [3.63, 3.8) is 0 Å². The summed E-state index contributed by atoms with van der Waals surface area (Å²) in [6.45, 7) is 0.704. The SMILES string of the molecule is COc1ncccc1CNc1ccc(SC)cc1. The van der Waals surface area contributed by atoms with Crippen LogP contribution in [-0.4, -0.2) is 18.3 Å². The summed E-state index contributed by atoms with van der Waals surface area (Å²) in [7, 11) is 1.64. The third-order valence-electron chi connectivity index (χ3n) is 2.62. The van der Waals surface area contributed by atoms with Gasteiger partial charge in [-0.2, -0.15) is 0 Å². The molecule has 2 rings (SSSR count). The van der Waals surface area contributed by atoms with Gasteiger partial charge < -0.3 is 10.1 Å². The van der Waals surface area contributed by atoms with Crippen molar-refractivity contribution >= 4 is 17.4 Å². The number of pyridine rings is 1. The van der Waals surface area contributed by atoms with Crippen molar-refractivity contribution in [2.24, 2.45) is 0 Å². The van der Waals surface area contributed by atoms with Crippen LogP contribution in [0.1, 0.15) is 5.56 Å². The molecule has 1 aromatic heterocycles. The molecular weight excluding hydrogens is 244 g/mol. The van der Waals surface area contributed by atoms with E-state index >= 15 is 0 Å². The first-order valence-electron chi connectivity index (χ1n) is 5.69. The number of hydrogen-bond acceptors (Lipinski definition) is 4. The van der Waals surface area contributed by atoms with Crippen molar-refractivity contribution in [2.75, 3.05) is 18.7 Å². The van der Waals surface area contributed by atoms with Crippen LogP contribution in [0.2, 0.25) is 0 Å². The highest BCUT2D eigenvalue weighted by Crippen LogP contribution is 2.19. The third kappa shape index (κ3) is 3.17. The van der Waals surface area contributed by atoms with Crippen LogP contribution in [0.5, 0.6) is 5.88 Å². The molecule has 0 spiro atoms. The molecule has 4 heteroatoms. The van der Waals surface area contributed by atoms with Gasteiger partial charge in [-0.05, 0) is 36.6 Å². The molecule has 0 bridgehead atoms. The second kappa shape index (κ2) is 6.31. The molecule has 2 aromatic rings. The number of nitrogens with zero attached hydrogens (tertiary/aromatic N) is 1. The second-order valence-electron chi connectivity index (χ2n) is 3.75. The first-order valence-corrected chi connectivity index (χ1v) is 6.92. The van der Waals surface area contributed by atoms with Crippen LogP contribution in [-0.2, 0) is 6.54 Å². The minimum Gasteiger partial charge on any atom is -0.481 e. The zero-order valence-electron chi connectivity index (χ0n) is 10.5. The van der Waals surface area contributed by atoms with E-state index in [0.717, 1.165) is 11.3 Å². The number of aromatic nitrogens is 1. The minimum atomic E-state index is 0.672. The molecule has 3 nitrogen and oxygen atoms in total. The van der Waals surface area contributed by atoms with Gasteiger partial charge in [0.05, 0.1) is 7.11 Å². The summed E-state index contributed by atoms with van der Waals surface area (Å²) in [6, 6.07) is 12.3. The van der Waals surface area contributed by atoms with E-state index in [1.807, 2.05) is 12.1 Å². The topological polar surface area (TPSA) is 34.1 Å².